The lowest BCUT2D eigenvalue weighted by Crippen LogP contribution is -2.34. The molecule has 0 aliphatic heterocycles. The van der Waals surface area contributed by atoms with Gasteiger partial charge in [0, 0.05) is 32.0 Å². The molecule has 6 nitrogen and oxygen atoms in total. The van der Waals surface area contributed by atoms with E-state index in [-0.39, 0.29) is 17.7 Å². The number of furan rings is 1. The number of benzene rings is 2. The molecule has 1 atom stereocenters. The number of carbonyl (C=O) groups excluding carboxylic acids is 2. The van der Waals surface area contributed by atoms with Crippen molar-refractivity contribution in [2.45, 2.75) is 32.4 Å². The molecule has 1 unspecified atom stereocenters. The standard InChI is InChI=1S/C29H31N3O3S/c1-4-25(21-10-6-5-7-11-21)29(34)32(20-24-12-8-16-35-24)19-22-18-23(14-15-26(22)31(2)3)30-28(33)27-13-9-17-36-27/h5-18,25H,4,19-20H2,1-3H3,(H,30,33). The summed E-state index contributed by atoms with van der Waals surface area (Å²) < 4.78 is 5.61. The highest BCUT2D eigenvalue weighted by Gasteiger charge is 2.26. The third-order valence-corrected chi connectivity index (χ3v) is 6.94. The smallest absolute Gasteiger partial charge is 0.265 e. The number of rotatable bonds is 10. The third-order valence-electron chi connectivity index (χ3n) is 6.07. The van der Waals surface area contributed by atoms with Gasteiger partial charge in [-0.2, -0.15) is 0 Å². The summed E-state index contributed by atoms with van der Waals surface area (Å²) in [6.45, 7) is 2.76. The summed E-state index contributed by atoms with van der Waals surface area (Å²) in [5, 5.41) is 4.87. The highest BCUT2D eigenvalue weighted by Crippen LogP contribution is 2.29. The summed E-state index contributed by atoms with van der Waals surface area (Å²) in [7, 11) is 3.94. The number of anilines is 2. The maximum atomic E-state index is 13.9. The van der Waals surface area contributed by atoms with E-state index >= 15 is 0 Å². The molecule has 0 aliphatic rings. The normalized spacial score (nSPS) is 11.6. The second-order valence-electron chi connectivity index (χ2n) is 8.81. The first-order valence-electron chi connectivity index (χ1n) is 12.0. The molecule has 4 aromatic rings. The van der Waals surface area contributed by atoms with Crippen LogP contribution in [0.4, 0.5) is 11.4 Å². The van der Waals surface area contributed by atoms with Gasteiger partial charge in [-0.3, -0.25) is 9.59 Å². The number of thiophene rings is 1. The van der Waals surface area contributed by atoms with Gasteiger partial charge in [-0.25, -0.2) is 0 Å². The van der Waals surface area contributed by atoms with Crippen LogP contribution in [0.15, 0.2) is 88.9 Å². The average Bonchev–Trinajstić information content (AvgIpc) is 3.59. The molecule has 0 fully saturated rings. The number of hydrogen-bond donors (Lipinski definition) is 1. The van der Waals surface area contributed by atoms with Gasteiger partial charge in [-0.1, -0.05) is 43.3 Å². The number of carbonyl (C=O) groups is 2. The highest BCUT2D eigenvalue weighted by atomic mass is 32.1. The van der Waals surface area contributed by atoms with Gasteiger partial charge in [0.15, 0.2) is 0 Å². The molecular weight excluding hydrogens is 470 g/mol. The minimum Gasteiger partial charge on any atom is -0.467 e. The predicted molar refractivity (Wildman–Crippen MR) is 145 cm³/mol. The first-order chi connectivity index (χ1) is 17.5. The summed E-state index contributed by atoms with van der Waals surface area (Å²) in [6.07, 6.45) is 2.31. The molecule has 0 radical (unpaired) electrons. The molecule has 1 N–H and O–H groups in total. The van der Waals surface area contributed by atoms with E-state index in [1.807, 2.05) is 103 Å². The van der Waals surface area contributed by atoms with E-state index in [1.165, 1.54) is 11.3 Å². The van der Waals surface area contributed by atoms with Crippen LogP contribution in [0.5, 0.6) is 0 Å². The Labute approximate surface area is 216 Å². The number of nitrogens with one attached hydrogen (secondary N) is 1. The lowest BCUT2D eigenvalue weighted by molar-refractivity contribution is -0.134. The molecule has 4 rings (SSSR count). The SMILES string of the molecule is CCC(C(=O)N(Cc1ccco1)Cc1cc(NC(=O)c2cccs2)ccc1N(C)C)c1ccccc1. The lowest BCUT2D eigenvalue weighted by atomic mass is 9.94. The first kappa shape index (κ1) is 25.3. The van der Waals surface area contributed by atoms with Crippen LogP contribution in [0, 0.1) is 0 Å². The molecule has 0 aliphatic carbocycles. The Hall–Kier alpha value is -3.84. The van der Waals surface area contributed by atoms with Gasteiger partial charge in [-0.05, 0) is 59.3 Å². The Kier molecular flexibility index (Phi) is 8.23. The Morgan fingerprint density at radius 3 is 2.42 bits per heavy atom. The van der Waals surface area contributed by atoms with Crippen molar-refractivity contribution in [2.75, 3.05) is 24.3 Å². The van der Waals surface area contributed by atoms with Crippen LogP contribution < -0.4 is 10.2 Å². The van der Waals surface area contributed by atoms with Crippen molar-refractivity contribution in [3.05, 3.63) is 106 Å². The van der Waals surface area contributed by atoms with Crippen molar-refractivity contribution in [1.82, 2.24) is 4.90 Å². The summed E-state index contributed by atoms with van der Waals surface area (Å²) in [4.78, 5) is 31.1. The van der Waals surface area contributed by atoms with Crippen LogP contribution in [0.2, 0.25) is 0 Å². The van der Waals surface area contributed by atoms with Crippen molar-refractivity contribution in [3.63, 3.8) is 0 Å². The Morgan fingerprint density at radius 1 is 0.972 bits per heavy atom. The predicted octanol–water partition coefficient (Wildman–Crippen LogP) is 6.38. The molecule has 36 heavy (non-hydrogen) atoms. The Balaban J connectivity index is 1.65. The van der Waals surface area contributed by atoms with E-state index < -0.39 is 0 Å². The maximum Gasteiger partial charge on any atom is 0.265 e. The molecule has 2 amide bonds. The second-order valence-corrected chi connectivity index (χ2v) is 9.76. The third kappa shape index (κ3) is 6.04. The summed E-state index contributed by atoms with van der Waals surface area (Å²) in [5.74, 6) is 0.357. The van der Waals surface area contributed by atoms with Gasteiger partial charge >= 0.3 is 0 Å². The molecule has 0 bridgehead atoms. The highest BCUT2D eigenvalue weighted by molar-refractivity contribution is 7.12. The lowest BCUT2D eigenvalue weighted by Gasteiger charge is -2.29. The largest absolute Gasteiger partial charge is 0.467 e. The van der Waals surface area contributed by atoms with Crippen molar-refractivity contribution in [3.8, 4) is 0 Å². The van der Waals surface area contributed by atoms with Crippen LogP contribution in [-0.2, 0) is 17.9 Å². The number of amides is 2. The minimum absolute atomic E-state index is 0.0397. The van der Waals surface area contributed by atoms with Gasteiger partial charge in [0.25, 0.3) is 5.91 Å². The first-order valence-corrected chi connectivity index (χ1v) is 12.9. The average molecular weight is 502 g/mol. The fraction of sp³-hybridized carbons (Fsp3) is 0.241. The van der Waals surface area contributed by atoms with E-state index in [4.69, 9.17) is 4.42 Å². The summed E-state index contributed by atoms with van der Waals surface area (Å²) in [6, 6.07) is 23.1. The van der Waals surface area contributed by atoms with Gasteiger partial charge in [-0.15, -0.1) is 11.3 Å². The number of nitrogens with zero attached hydrogens (tertiary/aromatic N) is 2. The molecule has 2 heterocycles. The van der Waals surface area contributed by atoms with Crippen molar-refractivity contribution < 1.29 is 14.0 Å². The number of hydrogen-bond acceptors (Lipinski definition) is 5. The molecule has 2 aromatic carbocycles. The van der Waals surface area contributed by atoms with Crippen LogP contribution in [0.1, 0.15) is 45.8 Å². The quantitative estimate of drug-likeness (QED) is 0.274. The monoisotopic (exact) mass is 501 g/mol. The molecule has 0 saturated heterocycles. The second kappa shape index (κ2) is 11.7. The zero-order valence-corrected chi connectivity index (χ0v) is 21.6. The summed E-state index contributed by atoms with van der Waals surface area (Å²) in [5.41, 5.74) is 3.61. The van der Waals surface area contributed by atoms with Crippen LogP contribution >= 0.6 is 11.3 Å². The van der Waals surface area contributed by atoms with Crippen molar-refractivity contribution in [2.24, 2.45) is 0 Å². The van der Waals surface area contributed by atoms with E-state index in [9.17, 15) is 9.59 Å². The van der Waals surface area contributed by atoms with Gasteiger partial charge in [0.2, 0.25) is 5.91 Å². The fourth-order valence-electron chi connectivity index (χ4n) is 4.29. The van der Waals surface area contributed by atoms with Crippen molar-refractivity contribution in [1.29, 1.82) is 0 Å². The Bertz CT molecular complexity index is 1270. The molecule has 0 spiro atoms. The topological polar surface area (TPSA) is 65.8 Å². The van der Waals surface area contributed by atoms with Crippen LogP contribution in [-0.4, -0.2) is 30.8 Å². The molecule has 0 saturated carbocycles. The molecule has 186 valence electrons. The Morgan fingerprint density at radius 2 is 1.78 bits per heavy atom. The van der Waals surface area contributed by atoms with E-state index in [1.54, 1.807) is 12.3 Å². The van der Waals surface area contributed by atoms with Gasteiger partial charge < -0.3 is 19.5 Å². The zero-order valence-electron chi connectivity index (χ0n) is 20.8. The van der Waals surface area contributed by atoms with Crippen LogP contribution in [0.3, 0.4) is 0 Å². The van der Waals surface area contributed by atoms with Gasteiger partial charge in [0.1, 0.15) is 5.76 Å². The zero-order chi connectivity index (χ0) is 25.5. The fourth-order valence-corrected chi connectivity index (χ4v) is 4.91. The van der Waals surface area contributed by atoms with E-state index in [2.05, 4.69) is 5.32 Å². The van der Waals surface area contributed by atoms with E-state index in [0.717, 1.165) is 22.6 Å². The van der Waals surface area contributed by atoms with Gasteiger partial charge in [0.05, 0.1) is 23.6 Å². The van der Waals surface area contributed by atoms with E-state index in [0.29, 0.717) is 30.1 Å². The summed E-state index contributed by atoms with van der Waals surface area (Å²) >= 11 is 1.40. The molecule has 2 aromatic heterocycles. The van der Waals surface area contributed by atoms with Crippen LogP contribution in [0.25, 0.3) is 0 Å². The maximum absolute atomic E-state index is 13.9. The minimum atomic E-state index is -0.259. The van der Waals surface area contributed by atoms with Crippen molar-refractivity contribution >= 4 is 34.5 Å². The molecule has 7 heteroatoms. The molecular formula is C29H31N3O3S.